The van der Waals surface area contributed by atoms with E-state index in [-0.39, 0.29) is 0 Å². The van der Waals surface area contributed by atoms with Crippen molar-refractivity contribution in [1.82, 2.24) is 21.0 Å². The normalized spacial score (nSPS) is 26.8. The Hall–Kier alpha value is -1.98. The standard InChI is InChI=1S/C20H27N5/c1-15-9-10-19(23-22-15)25-11-5-8-17(14-25)20-18(13-21-24-20)12-16-6-3-2-4-7-16/h2-4,6-7,9-10,17-18,20-21,24H,5,8,11-14H2,1H3. The molecule has 5 nitrogen and oxygen atoms in total. The number of rotatable bonds is 4. The van der Waals surface area contributed by atoms with E-state index >= 15 is 0 Å². The van der Waals surface area contributed by atoms with E-state index in [9.17, 15) is 0 Å². The molecular formula is C20H27N5. The quantitative estimate of drug-likeness (QED) is 0.897. The Bertz CT molecular complexity index is 672. The number of piperidine rings is 1. The van der Waals surface area contributed by atoms with Gasteiger partial charge in [0.15, 0.2) is 5.82 Å². The summed E-state index contributed by atoms with van der Waals surface area (Å²) in [5.41, 5.74) is 9.38. The fourth-order valence-corrected chi connectivity index (χ4v) is 4.24. The molecule has 0 amide bonds. The molecule has 3 atom stereocenters. The fraction of sp³-hybridized carbons (Fsp3) is 0.500. The number of aromatic nitrogens is 2. The molecule has 0 aliphatic carbocycles. The van der Waals surface area contributed by atoms with Crippen LogP contribution in [0, 0.1) is 18.8 Å². The van der Waals surface area contributed by atoms with E-state index in [4.69, 9.17) is 0 Å². The smallest absolute Gasteiger partial charge is 0.151 e. The van der Waals surface area contributed by atoms with Crippen LogP contribution in [0.2, 0.25) is 0 Å². The Morgan fingerprint density at radius 2 is 2.00 bits per heavy atom. The zero-order valence-corrected chi connectivity index (χ0v) is 14.9. The van der Waals surface area contributed by atoms with Crippen LogP contribution in [-0.2, 0) is 6.42 Å². The maximum Gasteiger partial charge on any atom is 0.151 e. The van der Waals surface area contributed by atoms with E-state index in [2.05, 4.69) is 68.4 Å². The monoisotopic (exact) mass is 337 g/mol. The lowest BCUT2D eigenvalue weighted by Gasteiger charge is -2.37. The van der Waals surface area contributed by atoms with Gasteiger partial charge in [0.1, 0.15) is 0 Å². The third-order valence-corrected chi connectivity index (χ3v) is 5.56. The van der Waals surface area contributed by atoms with Crippen molar-refractivity contribution in [2.75, 3.05) is 24.5 Å². The molecule has 1 aromatic heterocycles. The van der Waals surface area contributed by atoms with E-state index in [0.29, 0.717) is 17.9 Å². The summed E-state index contributed by atoms with van der Waals surface area (Å²) < 4.78 is 0. The van der Waals surface area contributed by atoms with Gasteiger partial charge in [0.05, 0.1) is 5.69 Å². The van der Waals surface area contributed by atoms with Crippen LogP contribution in [0.1, 0.15) is 24.1 Å². The van der Waals surface area contributed by atoms with Gasteiger partial charge < -0.3 is 4.90 Å². The highest BCUT2D eigenvalue weighted by Crippen LogP contribution is 2.29. The molecule has 2 aromatic rings. The lowest BCUT2D eigenvalue weighted by Crippen LogP contribution is -2.47. The summed E-state index contributed by atoms with van der Waals surface area (Å²) in [6.07, 6.45) is 3.63. The fourth-order valence-electron chi connectivity index (χ4n) is 4.24. The van der Waals surface area contributed by atoms with Crippen LogP contribution in [-0.4, -0.2) is 35.9 Å². The highest BCUT2D eigenvalue weighted by Gasteiger charge is 2.36. The maximum atomic E-state index is 4.39. The molecule has 2 aliphatic heterocycles. The number of hydrazine groups is 1. The highest BCUT2D eigenvalue weighted by atomic mass is 15.4. The van der Waals surface area contributed by atoms with Gasteiger partial charge in [-0.05, 0) is 55.7 Å². The summed E-state index contributed by atoms with van der Waals surface area (Å²) in [5, 5.41) is 8.62. The summed E-state index contributed by atoms with van der Waals surface area (Å²) in [4.78, 5) is 2.40. The number of benzene rings is 1. The molecule has 2 fully saturated rings. The molecule has 4 rings (SSSR count). The molecule has 0 radical (unpaired) electrons. The molecule has 2 N–H and O–H groups in total. The number of hydrogen-bond acceptors (Lipinski definition) is 5. The van der Waals surface area contributed by atoms with E-state index in [1.54, 1.807) is 0 Å². The van der Waals surface area contributed by atoms with Gasteiger partial charge in [0, 0.05) is 25.7 Å². The first kappa shape index (κ1) is 16.5. The number of nitrogens with zero attached hydrogens (tertiary/aromatic N) is 3. The lowest BCUT2D eigenvalue weighted by molar-refractivity contribution is 0.275. The number of hydrogen-bond donors (Lipinski definition) is 2. The Morgan fingerprint density at radius 1 is 1.12 bits per heavy atom. The number of anilines is 1. The van der Waals surface area contributed by atoms with Crippen LogP contribution < -0.4 is 15.8 Å². The minimum absolute atomic E-state index is 0.515. The Morgan fingerprint density at radius 3 is 2.80 bits per heavy atom. The molecule has 132 valence electrons. The van der Waals surface area contributed by atoms with Crippen molar-refractivity contribution in [3.05, 3.63) is 53.7 Å². The van der Waals surface area contributed by atoms with E-state index < -0.39 is 0 Å². The molecule has 1 aromatic carbocycles. The Kier molecular flexibility index (Phi) is 4.95. The molecule has 3 heterocycles. The summed E-state index contributed by atoms with van der Waals surface area (Å²) >= 11 is 0. The highest BCUT2D eigenvalue weighted by molar-refractivity contribution is 5.38. The van der Waals surface area contributed by atoms with Gasteiger partial charge >= 0.3 is 0 Å². The van der Waals surface area contributed by atoms with Crippen LogP contribution >= 0.6 is 0 Å². The van der Waals surface area contributed by atoms with Crippen LogP contribution in [0.15, 0.2) is 42.5 Å². The average Bonchev–Trinajstić information content (AvgIpc) is 3.11. The van der Waals surface area contributed by atoms with E-state index in [1.165, 1.54) is 18.4 Å². The van der Waals surface area contributed by atoms with Crippen LogP contribution in [0.3, 0.4) is 0 Å². The lowest BCUT2D eigenvalue weighted by atomic mass is 9.81. The second kappa shape index (κ2) is 7.50. The SMILES string of the molecule is Cc1ccc(N2CCCC(C3NNCC3Cc3ccccc3)C2)nn1. The van der Waals surface area contributed by atoms with Crippen molar-refractivity contribution in [3.63, 3.8) is 0 Å². The number of aryl methyl sites for hydroxylation is 1. The Labute approximate surface area is 149 Å². The Balaban J connectivity index is 1.44. The van der Waals surface area contributed by atoms with Gasteiger partial charge in [-0.15, -0.1) is 5.10 Å². The van der Waals surface area contributed by atoms with Crippen molar-refractivity contribution >= 4 is 5.82 Å². The molecular weight excluding hydrogens is 310 g/mol. The predicted molar refractivity (Wildman–Crippen MR) is 100 cm³/mol. The molecule has 0 spiro atoms. The average molecular weight is 337 g/mol. The van der Waals surface area contributed by atoms with E-state index in [1.807, 2.05) is 6.92 Å². The zero-order valence-electron chi connectivity index (χ0n) is 14.9. The van der Waals surface area contributed by atoms with Crippen molar-refractivity contribution in [2.45, 2.75) is 32.2 Å². The largest absolute Gasteiger partial charge is 0.355 e. The van der Waals surface area contributed by atoms with Crippen molar-refractivity contribution in [1.29, 1.82) is 0 Å². The van der Waals surface area contributed by atoms with Crippen molar-refractivity contribution < 1.29 is 0 Å². The minimum atomic E-state index is 0.515. The molecule has 25 heavy (non-hydrogen) atoms. The topological polar surface area (TPSA) is 53.1 Å². The first-order chi connectivity index (χ1) is 12.3. The zero-order chi connectivity index (χ0) is 17.1. The van der Waals surface area contributed by atoms with Crippen LogP contribution in [0.4, 0.5) is 5.82 Å². The first-order valence-corrected chi connectivity index (χ1v) is 9.37. The molecule has 0 saturated carbocycles. The summed E-state index contributed by atoms with van der Waals surface area (Å²) in [6.45, 7) is 5.17. The van der Waals surface area contributed by atoms with Gasteiger partial charge in [-0.2, -0.15) is 5.10 Å². The predicted octanol–water partition coefficient (Wildman–Crippen LogP) is 2.34. The van der Waals surface area contributed by atoms with Crippen LogP contribution in [0.5, 0.6) is 0 Å². The molecule has 3 unspecified atom stereocenters. The first-order valence-electron chi connectivity index (χ1n) is 9.37. The molecule has 2 saturated heterocycles. The van der Waals surface area contributed by atoms with Crippen molar-refractivity contribution in [3.8, 4) is 0 Å². The molecule has 0 bridgehead atoms. The summed E-state index contributed by atoms with van der Waals surface area (Å²) in [7, 11) is 0. The second-order valence-electron chi connectivity index (χ2n) is 7.38. The summed E-state index contributed by atoms with van der Waals surface area (Å²) in [5.74, 6) is 2.29. The van der Waals surface area contributed by atoms with Gasteiger partial charge in [0.2, 0.25) is 0 Å². The second-order valence-corrected chi connectivity index (χ2v) is 7.38. The van der Waals surface area contributed by atoms with Gasteiger partial charge in [-0.1, -0.05) is 30.3 Å². The third kappa shape index (κ3) is 3.83. The van der Waals surface area contributed by atoms with Gasteiger partial charge in [0.25, 0.3) is 0 Å². The van der Waals surface area contributed by atoms with E-state index in [0.717, 1.165) is 37.6 Å². The minimum Gasteiger partial charge on any atom is -0.355 e. The van der Waals surface area contributed by atoms with Crippen LogP contribution in [0.25, 0.3) is 0 Å². The van der Waals surface area contributed by atoms with Gasteiger partial charge in [-0.3, -0.25) is 10.9 Å². The maximum absolute atomic E-state index is 4.39. The molecule has 5 heteroatoms. The summed E-state index contributed by atoms with van der Waals surface area (Å²) in [6, 6.07) is 15.5. The van der Waals surface area contributed by atoms with Gasteiger partial charge in [-0.25, -0.2) is 0 Å². The molecule has 2 aliphatic rings. The van der Waals surface area contributed by atoms with Crippen molar-refractivity contribution in [2.24, 2.45) is 11.8 Å². The number of nitrogens with one attached hydrogen (secondary N) is 2. The third-order valence-electron chi connectivity index (χ3n) is 5.56.